The van der Waals surface area contributed by atoms with Crippen LogP contribution in [0.2, 0.25) is 0 Å². The highest BCUT2D eigenvalue weighted by Gasteiger charge is 2.13. The first-order valence-corrected chi connectivity index (χ1v) is 9.31. The fourth-order valence-electron chi connectivity index (χ4n) is 3.22. The Bertz CT molecular complexity index is 1040. The van der Waals surface area contributed by atoms with Gasteiger partial charge in [0, 0.05) is 43.4 Å². The van der Waals surface area contributed by atoms with Crippen molar-refractivity contribution in [3.63, 3.8) is 0 Å². The molecular weight excluding hydrogens is 358 g/mol. The van der Waals surface area contributed by atoms with Gasteiger partial charge < -0.3 is 19.4 Å². The molecule has 4 rings (SSSR count). The quantitative estimate of drug-likeness (QED) is 0.663. The molecule has 0 aliphatic carbocycles. The van der Waals surface area contributed by atoms with Crippen LogP contribution in [0.4, 0.5) is 5.82 Å². The first-order chi connectivity index (χ1) is 13.7. The zero-order valence-corrected chi connectivity index (χ0v) is 15.4. The molecule has 1 aliphatic rings. The predicted molar refractivity (Wildman–Crippen MR) is 106 cm³/mol. The van der Waals surface area contributed by atoms with Gasteiger partial charge in [-0.25, -0.2) is 9.78 Å². The van der Waals surface area contributed by atoms with Gasteiger partial charge in [-0.3, -0.25) is 4.79 Å². The van der Waals surface area contributed by atoms with Crippen molar-refractivity contribution in [2.45, 2.75) is 19.4 Å². The van der Waals surface area contributed by atoms with Gasteiger partial charge in [0.25, 0.3) is 5.91 Å². The molecule has 0 unspecified atom stereocenters. The predicted octanol–water partition coefficient (Wildman–Crippen LogP) is 2.48. The lowest BCUT2D eigenvalue weighted by atomic mass is 10.2. The summed E-state index contributed by atoms with van der Waals surface area (Å²) in [6.45, 7) is 2.36. The molecule has 7 heteroatoms. The van der Waals surface area contributed by atoms with Crippen molar-refractivity contribution in [1.29, 1.82) is 0 Å². The maximum absolute atomic E-state index is 12.1. The van der Waals surface area contributed by atoms with Gasteiger partial charge in [-0.2, -0.15) is 0 Å². The van der Waals surface area contributed by atoms with Crippen molar-refractivity contribution in [3.05, 3.63) is 64.6 Å². The summed E-state index contributed by atoms with van der Waals surface area (Å²) in [4.78, 5) is 30.1. The highest BCUT2D eigenvalue weighted by molar-refractivity contribution is 5.79. The van der Waals surface area contributed by atoms with Gasteiger partial charge in [0.2, 0.25) is 0 Å². The molecular formula is C21H21N3O4. The third-order valence-electron chi connectivity index (χ3n) is 4.69. The Balaban J connectivity index is 1.31. The number of carbonyl (C=O) groups excluding carboxylic acids is 1. The molecule has 0 saturated carbocycles. The number of rotatable bonds is 6. The van der Waals surface area contributed by atoms with E-state index in [4.69, 9.17) is 9.15 Å². The lowest BCUT2D eigenvalue weighted by Crippen LogP contribution is -2.28. The number of carbonyl (C=O) groups is 1. The molecule has 0 radical (unpaired) electrons. The van der Waals surface area contributed by atoms with Crippen LogP contribution < -0.4 is 20.6 Å². The van der Waals surface area contributed by atoms with Crippen LogP contribution in [0.3, 0.4) is 0 Å². The minimum absolute atomic E-state index is 0.118. The summed E-state index contributed by atoms with van der Waals surface area (Å²) >= 11 is 0. The summed E-state index contributed by atoms with van der Waals surface area (Å²) in [5.74, 6) is 1.20. The van der Waals surface area contributed by atoms with Gasteiger partial charge in [-0.15, -0.1) is 0 Å². The average Bonchev–Trinajstić information content (AvgIpc) is 3.25. The maximum Gasteiger partial charge on any atom is 0.336 e. The smallest absolute Gasteiger partial charge is 0.336 e. The zero-order chi connectivity index (χ0) is 19.3. The van der Waals surface area contributed by atoms with Gasteiger partial charge >= 0.3 is 5.63 Å². The zero-order valence-electron chi connectivity index (χ0n) is 15.4. The number of nitrogens with zero attached hydrogens (tertiary/aromatic N) is 2. The molecule has 28 heavy (non-hydrogen) atoms. The summed E-state index contributed by atoms with van der Waals surface area (Å²) in [7, 11) is 0. The third kappa shape index (κ3) is 4.31. The van der Waals surface area contributed by atoms with Crippen LogP contribution in [-0.4, -0.2) is 30.6 Å². The number of amides is 1. The van der Waals surface area contributed by atoms with Crippen LogP contribution in [0.15, 0.2) is 57.9 Å². The van der Waals surface area contributed by atoms with E-state index in [1.165, 1.54) is 18.9 Å². The van der Waals surface area contributed by atoms with E-state index < -0.39 is 5.63 Å². The Kier molecular flexibility index (Phi) is 5.23. The van der Waals surface area contributed by atoms with E-state index in [1.807, 2.05) is 12.1 Å². The minimum atomic E-state index is -0.423. The number of anilines is 1. The molecule has 1 aromatic carbocycles. The number of aromatic nitrogens is 1. The van der Waals surface area contributed by atoms with Gasteiger partial charge in [0.05, 0.1) is 0 Å². The van der Waals surface area contributed by atoms with E-state index in [1.54, 1.807) is 30.5 Å². The fraction of sp³-hybridized carbons (Fsp3) is 0.286. The van der Waals surface area contributed by atoms with Crippen LogP contribution >= 0.6 is 0 Å². The first-order valence-electron chi connectivity index (χ1n) is 9.31. The van der Waals surface area contributed by atoms with E-state index in [-0.39, 0.29) is 12.5 Å². The largest absolute Gasteiger partial charge is 0.484 e. The average molecular weight is 379 g/mol. The number of hydrogen-bond acceptors (Lipinski definition) is 6. The van der Waals surface area contributed by atoms with Crippen molar-refractivity contribution in [2.24, 2.45) is 0 Å². The van der Waals surface area contributed by atoms with Crippen molar-refractivity contribution >= 4 is 22.7 Å². The Morgan fingerprint density at radius 2 is 1.96 bits per heavy atom. The lowest BCUT2D eigenvalue weighted by molar-refractivity contribution is -0.123. The summed E-state index contributed by atoms with van der Waals surface area (Å²) < 4.78 is 10.6. The molecule has 0 spiro atoms. The summed E-state index contributed by atoms with van der Waals surface area (Å²) in [6.07, 6.45) is 4.16. The Labute approximate surface area is 161 Å². The first kappa shape index (κ1) is 18.0. The molecule has 1 amide bonds. The normalized spacial score (nSPS) is 13.6. The topological polar surface area (TPSA) is 84.7 Å². The molecule has 144 valence electrons. The van der Waals surface area contributed by atoms with E-state index in [0.29, 0.717) is 17.9 Å². The molecule has 7 nitrogen and oxygen atoms in total. The lowest BCUT2D eigenvalue weighted by Gasteiger charge is -2.17. The number of ether oxygens (including phenoxy) is 1. The van der Waals surface area contributed by atoms with E-state index in [9.17, 15) is 9.59 Å². The highest BCUT2D eigenvalue weighted by Crippen LogP contribution is 2.20. The van der Waals surface area contributed by atoms with Crippen LogP contribution in [-0.2, 0) is 11.3 Å². The maximum atomic E-state index is 12.1. The number of pyridine rings is 1. The molecule has 3 aromatic rings. The van der Waals surface area contributed by atoms with Crippen LogP contribution in [0.5, 0.6) is 5.75 Å². The standard InChI is InChI=1S/C21H21N3O4/c25-20(14-27-17-5-3-16-4-6-21(26)28-18(16)12-17)23-13-15-7-8-22-19(11-15)24-9-1-2-10-24/h3-8,11-12H,1-2,9-10,13-14H2,(H,23,25). The molecule has 3 heterocycles. The second-order valence-electron chi connectivity index (χ2n) is 6.74. The van der Waals surface area contributed by atoms with Crippen LogP contribution in [0, 0.1) is 0 Å². The number of benzene rings is 1. The van der Waals surface area contributed by atoms with Crippen molar-refractivity contribution in [3.8, 4) is 5.75 Å². The molecule has 1 fully saturated rings. The van der Waals surface area contributed by atoms with Gasteiger partial charge in [-0.05, 0) is 48.7 Å². The SMILES string of the molecule is O=C(COc1ccc2ccc(=O)oc2c1)NCc1ccnc(N2CCCC2)c1. The van der Waals surface area contributed by atoms with E-state index >= 15 is 0 Å². The summed E-state index contributed by atoms with van der Waals surface area (Å²) in [5, 5.41) is 3.64. The van der Waals surface area contributed by atoms with Gasteiger partial charge in [0.15, 0.2) is 6.61 Å². The Morgan fingerprint density at radius 3 is 2.82 bits per heavy atom. The van der Waals surface area contributed by atoms with Crippen molar-refractivity contribution in [1.82, 2.24) is 10.3 Å². The number of nitrogens with one attached hydrogen (secondary N) is 1. The fourth-order valence-corrected chi connectivity index (χ4v) is 3.22. The van der Waals surface area contributed by atoms with Crippen LogP contribution in [0.1, 0.15) is 18.4 Å². The van der Waals surface area contributed by atoms with Crippen molar-refractivity contribution < 1.29 is 13.9 Å². The van der Waals surface area contributed by atoms with Crippen LogP contribution in [0.25, 0.3) is 11.0 Å². The Morgan fingerprint density at radius 1 is 1.14 bits per heavy atom. The monoisotopic (exact) mass is 379 g/mol. The highest BCUT2D eigenvalue weighted by atomic mass is 16.5. The van der Waals surface area contributed by atoms with Gasteiger partial charge in [0.1, 0.15) is 17.2 Å². The number of hydrogen-bond donors (Lipinski definition) is 1. The summed E-state index contributed by atoms with van der Waals surface area (Å²) in [6, 6.07) is 12.1. The minimum Gasteiger partial charge on any atom is -0.484 e. The molecule has 1 aliphatic heterocycles. The molecule has 0 atom stereocenters. The molecule has 2 aromatic heterocycles. The van der Waals surface area contributed by atoms with Gasteiger partial charge in [-0.1, -0.05) is 0 Å². The van der Waals surface area contributed by atoms with E-state index in [0.717, 1.165) is 29.9 Å². The summed E-state index contributed by atoms with van der Waals surface area (Å²) in [5.41, 5.74) is 1.00. The van der Waals surface area contributed by atoms with E-state index in [2.05, 4.69) is 15.2 Å². The molecule has 1 saturated heterocycles. The second-order valence-corrected chi connectivity index (χ2v) is 6.74. The molecule has 0 bridgehead atoms. The Hall–Kier alpha value is -3.35. The second kappa shape index (κ2) is 8.12. The third-order valence-corrected chi connectivity index (χ3v) is 4.69. The van der Waals surface area contributed by atoms with Crippen molar-refractivity contribution in [2.75, 3.05) is 24.6 Å². The number of fused-ring (bicyclic) bond motifs is 1. The molecule has 1 N–H and O–H groups in total.